The molecule has 0 aromatic heterocycles. The highest BCUT2D eigenvalue weighted by atomic mass is 79.9. The van der Waals surface area contributed by atoms with Gasteiger partial charge in [0.2, 0.25) is 5.91 Å². The maximum Gasteiger partial charge on any atom is 0.226 e. The van der Waals surface area contributed by atoms with Crippen LogP contribution in [0, 0.1) is 11.8 Å². The van der Waals surface area contributed by atoms with Gasteiger partial charge in [-0.1, -0.05) is 41.9 Å². The Morgan fingerprint density at radius 2 is 2.04 bits per heavy atom. The van der Waals surface area contributed by atoms with E-state index in [4.69, 9.17) is 0 Å². The fourth-order valence-corrected chi connectivity index (χ4v) is 3.77. The second-order valence-corrected chi connectivity index (χ2v) is 7.43. The van der Waals surface area contributed by atoms with Gasteiger partial charge in [0.25, 0.3) is 0 Å². The predicted molar refractivity (Wildman–Crippen MR) is 107 cm³/mol. The topological polar surface area (TPSA) is 32.3 Å². The van der Waals surface area contributed by atoms with Crippen molar-refractivity contribution >= 4 is 34.2 Å². The second-order valence-electron chi connectivity index (χ2n) is 6.52. The summed E-state index contributed by atoms with van der Waals surface area (Å²) in [5.41, 5.74) is 1.24. The molecule has 1 amide bonds. The molecule has 1 heterocycles. The zero-order valence-electron chi connectivity index (χ0n) is 14.8. The number of amides is 1. The SMILES string of the molecule is CCNCC1CCN(C(=O)C(CC)Cc2cccc(Br)c2)CC1.Cl. The molecule has 0 bridgehead atoms. The summed E-state index contributed by atoms with van der Waals surface area (Å²) >= 11 is 3.51. The van der Waals surface area contributed by atoms with Gasteiger partial charge in [-0.05, 0) is 62.4 Å². The standard InChI is InChI=1S/C19H29BrN2O.ClH/c1-3-17(12-16-6-5-7-18(20)13-16)19(23)22-10-8-15(9-11-22)14-21-4-2;/h5-7,13,15,17,21H,3-4,8-12,14H2,1-2H3;1H. The molecule has 5 heteroatoms. The van der Waals surface area contributed by atoms with Crippen LogP contribution < -0.4 is 5.32 Å². The van der Waals surface area contributed by atoms with Crippen LogP contribution in [0.2, 0.25) is 0 Å². The lowest BCUT2D eigenvalue weighted by Gasteiger charge is -2.34. The van der Waals surface area contributed by atoms with Crippen LogP contribution in [0.15, 0.2) is 28.7 Å². The van der Waals surface area contributed by atoms with E-state index in [1.165, 1.54) is 5.56 Å². The number of carbonyl (C=O) groups is 1. The van der Waals surface area contributed by atoms with Crippen LogP contribution in [0.4, 0.5) is 0 Å². The van der Waals surface area contributed by atoms with Crippen molar-refractivity contribution in [1.29, 1.82) is 0 Å². The minimum atomic E-state index is 0. The third kappa shape index (κ3) is 6.38. The van der Waals surface area contributed by atoms with Crippen LogP contribution in [-0.4, -0.2) is 37.0 Å². The van der Waals surface area contributed by atoms with Crippen molar-refractivity contribution in [2.45, 2.75) is 39.5 Å². The number of rotatable bonds is 7. The van der Waals surface area contributed by atoms with Crippen LogP contribution in [-0.2, 0) is 11.2 Å². The second kappa shape index (κ2) is 11.1. The molecule has 136 valence electrons. The maximum atomic E-state index is 12.8. The largest absolute Gasteiger partial charge is 0.342 e. The average Bonchev–Trinajstić information content (AvgIpc) is 2.58. The first-order chi connectivity index (χ1) is 11.1. The first-order valence-corrected chi connectivity index (χ1v) is 9.67. The van der Waals surface area contributed by atoms with Crippen LogP contribution >= 0.6 is 28.3 Å². The number of nitrogens with one attached hydrogen (secondary N) is 1. The van der Waals surface area contributed by atoms with Crippen LogP contribution in [0.25, 0.3) is 0 Å². The number of hydrogen-bond acceptors (Lipinski definition) is 2. The first kappa shape index (κ1) is 21.5. The smallest absolute Gasteiger partial charge is 0.226 e. The molecule has 1 aliphatic heterocycles. The van der Waals surface area contributed by atoms with E-state index in [1.807, 2.05) is 12.1 Å². The lowest BCUT2D eigenvalue weighted by molar-refractivity contribution is -0.137. The Labute approximate surface area is 161 Å². The van der Waals surface area contributed by atoms with E-state index in [0.717, 1.165) is 62.3 Å². The van der Waals surface area contributed by atoms with Crippen molar-refractivity contribution in [2.75, 3.05) is 26.2 Å². The van der Waals surface area contributed by atoms with Gasteiger partial charge >= 0.3 is 0 Å². The molecule has 1 saturated heterocycles. The Balaban J connectivity index is 0.00000288. The van der Waals surface area contributed by atoms with E-state index in [-0.39, 0.29) is 18.3 Å². The van der Waals surface area contributed by atoms with Gasteiger partial charge in [-0.2, -0.15) is 0 Å². The molecule has 0 spiro atoms. The molecule has 1 unspecified atom stereocenters. The number of hydrogen-bond donors (Lipinski definition) is 1. The van der Waals surface area contributed by atoms with Crippen molar-refractivity contribution in [3.63, 3.8) is 0 Å². The molecule has 1 aliphatic rings. The highest BCUT2D eigenvalue weighted by Gasteiger charge is 2.27. The minimum Gasteiger partial charge on any atom is -0.342 e. The Kier molecular flexibility index (Phi) is 9.94. The molecule has 3 nitrogen and oxygen atoms in total. The quantitative estimate of drug-likeness (QED) is 0.718. The van der Waals surface area contributed by atoms with Crippen molar-refractivity contribution in [2.24, 2.45) is 11.8 Å². The molecular formula is C19H30BrClN2O. The summed E-state index contributed by atoms with van der Waals surface area (Å²) in [5.74, 6) is 1.17. The molecule has 1 atom stereocenters. The van der Waals surface area contributed by atoms with E-state index >= 15 is 0 Å². The molecule has 0 aliphatic carbocycles. The van der Waals surface area contributed by atoms with Crippen LogP contribution in [0.1, 0.15) is 38.7 Å². The van der Waals surface area contributed by atoms with Crippen molar-refractivity contribution in [3.05, 3.63) is 34.3 Å². The lowest BCUT2D eigenvalue weighted by Crippen LogP contribution is -2.43. The Bertz CT molecular complexity index is 504. The highest BCUT2D eigenvalue weighted by molar-refractivity contribution is 9.10. The Hall–Kier alpha value is -0.580. The number of benzene rings is 1. The third-order valence-corrected chi connectivity index (χ3v) is 5.32. The van der Waals surface area contributed by atoms with Gasteiger partial charge in [-0.25, -0.2) is 0 Å². The maximum absolute atomic E-state index is 12.8. The Morgan fingerprint density at radius 3 is 2.62 bits per heavy atom. The first-order valence-electron chi connectivity index (χ1n) is 8.88. The molecule has 1 N–H and O–H groups in total. The third-order valence-electron chi connectivity index (χ3n) is 4.82. The average molecular weight is 418 g/mol. The fourth-order valence-electron chi connectivity index (χ4n) is 3.32. The van der Waals surface area contributed by atoms with Crippen molar-refractivity contribution in [1.82, 2.24) is 10.2 Å². The van der Waals surface area contributed by atoms with Crippen LogP contribution in [0.3, 0.4) is 0 Å². The van der Waals surface area contributed by atoms with Crippen LogP contribution in [0.5, 0.6) is 0 Å². The summed E-state index contributed by atoms with van der Waals surface area (Å²) in [7, 11) is 0. The predicted octanol–water partition coefficient (Wildman–Crippen LogP) is 4.29. The molecule has 2 rings (SSSR count). The van der Waals surface area contributed by atoms with Gasteiger partial charge in [-0.3, -0.25) is 4.79 Å². The van der Waals surface area contributed by atoms with Crippen molar-refractivity contribution < 1.29 is 4.79 Å². The monoisotopic (exact) mass is 416 g/mol. The van der Waals surface area contributed by atoms with E-state index < -0.39 is 0 Å². The van der Waals surface area contributed by atoms with Gasteiger partial charge < -0.3 is 10.2 Å². The van der Waals surface area contributed by atoms with E-state index in [1.54, 1.807) is 0 Å². The van der Waals surface area contributed by atoms with Gasteiger partial charge in [0.15, 0.2) is 0 Å². The summed E-state index contributed by atoms with van der Waals surface area (Å²) in [5, 5.41) is 3.43. The molecular weight excluding hydrogens is 388 g/mol. The zero-order chi connectivity index (χ0) is 16.7. The molecule has 0 saturated carbocycles. The molecule has 1 aromatic rings. The van der Waals surface area contributed by atoms with Gasteiger partial charge in [0.1, 0.15) is 0 Å². The summed E-state index contributed by atoms with van der Waals surface area (Å²) in [6.07, 6.45) is 4.01. The number of piperidine rings is 1. The number of nitrogens with zero attached hydrogens (tertiary/aromatic N) is 1. The summed E-state index contributed by atoms with van der Waals surface area (Å²) in [6.45, 7) is 8.23. The van der Waals surface area contributed by atoms with E-state index in [9.17, 15) is 4.79 Å². The summed E-state index contributed by atoms with van der Waals surface area (Å²) < 4.78 is 1.08. The van der Waals surface area contributed by atoms with Gasteiger partial charge in [0, 0.05) is 23.5 Å². The zero-order valence-corrected chi connectivity index (χ0v) is 17.2. The van der Waals surface area contributed by atoms with Gasteiger partial charge in [0.05, 0.1) is 0 Å². The lowest BCUT2D eigenvalue weighted by atomic mass is 9.92. The fraction of sp³-hybridized carbons (Fsp3) is 0.632. The summed E-state index contributed by atoms with van der Waals surface area (Å²) in [6, 6.07) is 8.31. The minimum absolute atomic E-state index is 0. The highest BCUT2D eigenvalue weighted by Crippen LogP contribution is 2.22. The van der Waals surface area contributed by atoms with Gasteiger partial charge in [-0.15, -0.1) is 12.4 Å². The number of likely N-dealkylation sites (tertiary alicyclic amines) is 1. The summed E-state index contributed by atoms with van der Waals surface area (Å²) in [4.78, 5) is 14.9. The van der Waals surface area contributed by atoms with Crippen molar-refractivity contribution in [3.8, 4) is 0 Å². The molecule has 0 radical (unpaired) electrons. The van der Waals surface area contributed by atoms with E-state index in [0.29, 0.717) is 5.91 Å². The molecule has 1 fully saturated rings. The Morgan fingerprint density at radius 1 is 1.33 bits per heavy atom. The normalized spacial score (nSPS) is 16.5. The number of carbonyl (C=O) groups excluding carboxylic acids is 1. The molecule has 1 aromatic carbocycles. The molecule has 24 heavy (non-hydrogen) atoms. The number of halogens is 2. The van der Waals surface area contributed by atoms with E-state index in [2.05, 4.69) is 52.1 Å².